The zero-order chi connectivity index (χ0) is 16.4. The number of rotatable bonds is 4. The Hall–Kier alpha value is -2.74. The van der Waals surface area contributed by atoms with Gasteiger partial charge in [0.1, 0.15) is 17.8 Å². The summed E-state index contributed by atoms with van der Waals surface area (Å²) in [6, 6.07) is 6.03. The fourth-order valence-electron chi connectivity index (χ4n) is 2.04. The standard InChI is InChI=1S/C14H12ClFN6O/c1-21-12(5-6-18-21)13(23)19-14-17-8-22(20-14)7-9-10(15)3-2-4-11(9)16/h2-6,8H,7H2,1H3,(H,19,20,23). The Morgan fingerprint density at radius 1 is 1.39 bits per heavy atom. The highest BCUT2D eigenvalue weighted by atomic mass is 35.5. The third-order valence-corrected chi connectivity index (χ3v) is 3.55. The van der Waals surface area contributed by atoms with Crippen molar-refractivity contribution in [3.05, 3.63) is 58.9 Å². The number of aromatic nitrogens is 5. The quantitative estimate of drug-likeness (QED) is 0.792. The van der Waals surface area contributed by atoms with E-state index in [4.69, 9.17) is 11.6 Å². The summed E-state index contributed by atoms with van der Waals surface area (Å²) in [6.07, 6.45) is 2.91. The van der Waals surface area contributed by atoms with Gasteiger partial charge in [0.2, 0.25) is 5.95 Å². The molecule has 0 aliphatic rings. The smallest absolute Gasteiger partial charge is 0.276 e. The number of carbonyl (C=O) groups excluding carboxylic acids is 1. The zero-order valence-electron chi connectivity index (χ0n) is 12.1. The van der Waals surface area contributed by atoms with Gasteiger partial charge in [-0.1, -0.05) is 17.7 Å². The zero-order valence-corrected chi connectivity index (χ0v) is 12.8. The molecule has 0 aliphatic carbocycles. The SMILES string of the molecule is Cn1nccc1C(=O)Nc1ncn(Cc2c(F)cccc2Cl)n1. The fourth-order valence-corrected chi connectivity index (χ4v) is 2.26. The van der Waals surface area contributed by atoms with E-state index in [9.17, 15) is 9.18 Å². The first-order chi connectivity index (χ1) is 11.0. The highest BCUT2D eigenvalue weighted by Gasteiger charge is 2.13. The average Bonchev–Trinajstić information content (AvgIpc) is 3.12. The lowest BCUT2D eigenvalue weighted by Gasteiger charge is -2.05. The molecule has 1 amide bonds. The van der Waals surface area contributed by atoms with Crippen LogP contribution in [0.25, 0.3) is 0 Å². The molecule has 23 heavy (non-hydrogen) atoms. The van der Waals surface area contributed by atoms with Crippen molar-refractivity contribution < 1.29 is 9.18 Å². The summed E-state index contributed by atoms with van der Waals surface area (Å²) in [6.45, 7) is 0.111. The molecular weight excluding hydrogens is 323 g/mol. The summed E-state index contributed by atoms with van der Waals surface area (Å²) in [5, 5.41) is 10.9. The molecule has 0 radical (unpaired) electrons. The van der Waals surface area contributed by atoms with Crippen LogP contribution in [0.15, 0.2) is 36.8 Å². The Bertz CT molecular complexity index is 838. The lowest BCUT2D eigenvalue weighted by atomic mass is 10.2. The second-order valence-corrected chi connectivity index (χ2v) is 5.17. The molecule has 1 aromatic carbocycles. The molecule has 2 heterocycles. The van der Waals surface area contributed by atoms with Gasteiger partial charge in [0, 0.05) is 23.8 Å². The van der Waals surface area contributed by atoms with Gasteiger partial charge < -0.3 is 0 Å². The largest absolute Gasteiger partial charge is 0.288 e. The van der Waals surface area contributed by atoms with Gasteiger partial charge in [-0.3, -0.25) is 14.8 Å². The van der Waals surface area contributed by atoms with Crippen molar-refractivity contribution in [3.63, 3.8) is 0 Å². The van der Waals surface area contributed by atoms with Crippen LogP contribution in [0.4, 0.5) is 10.3 Å². The maximum Gasteiger partial charge on any atom is 0.276 e. The predicted molar refractivity (Wildman–Crippen MR) is 81.7 cm³/mol. The molecule has 0 atom stereocenters. The molecule has 0 bridgehead atoms. The van der Waals surface area contributed by atoms with E-state index in [1.807, 2.05) is 0 Å². The Kier molecular flexibility index (Phi) is 4.07. The monoisotopic (exact) mass is 334 g/mol. The minimum Gasteiger partial charge on any atom is -0.288 e. The van der Waals surface area contributed by atoms with Gasteiger partial charge >= 0.3 is 0 Å². The Labute approximate surface area is 135 Å². The van der Waals surface area contributed by atoms with Crippen LogP contribution in [-0.2, 0) is 13.6 Å². The third kappa shape index (κ3) is 3.21. The maximum atomic E-state index is 13.8. The predicted octanol–water partition coefficient (Wildman–Crippen LogP) is 2.10. The molecule has 2 aromatic heterocycles. The minimum atomic E-state index is -0.423. The summed E-state index contributed by atoms with van der Waals surface area (Å²) >= 11 is 5.97. The van der Waals surface area contributed by atoms with Crippen molar-refractivity contribution in [2.45, 2.75) is 6.54 Å². The summed E-state index contributed by atoms with van der Waals surface area (Å²) in [5.41, 5.74) is 0.682. The second-order valence-electron chi connectivity index (χ2n) is 4.76. The van der Waals surface area contributed by atoms with E-state index >= 15 is 0 Å². The summed E-state index contributed by atoms with van der Waals surface area (Å²) in [4.78, 5) is 16.0. The molecule has 0 aliphatic heterocycles. The number of nitrogens with zero attached hydrogens (tertiary/aromatic N) is 5. The number of hydrogen-bond donors (Lipinski definition) is 1. The lowest BCUT2D eigenvalue weighted by Crippen LogP contribution is -2.17. The molecule has 1 N–H and O–H groups in total. The van der Waals surface area contributed by atoms with Gasteiger partial charge in [-0.05, 0) is 18.2 Å². The molecule has 0 unspecified atom stereocenters. The molecule has 3 rings (SSSR count). The van der Waals surface area contributed by atoms with Crippen LogP contribution in [-0.4, -0.2) is 30.5 Å². The van der Waals surface area contributed by atoms with Crippen LogP contribution in [0.5, 0.6) is 0 Å². The number of halogens is 2. The van der Waals surface area contributed by atoms with Gasteiger partial charge in [0.15, 0.2) is 0 Å². The number of aryl methyl sites for hydroxylation is 1. The number of amides is 1. The number of nitrogens with one attached hydrogen (secondary N) is 1. The van der Waals surface area contributed by atoms with E-state index in [1.165, 1.54) is 34.0 Å². The average molecular weight is 335 g/mol. The van der Waals surface area contributed by atoms with Crippen LogP contribution >= 0.6 is 11.6 Å². The third-order valence-electron chi connectivity index (χ3n) is 3.20. The van der Waals surface area contributed by atoms with E-state index in [0.717, 1.165) is 0 Å². The molecular formula is C14H12ClFN6O. The summed E-state index contributed by atoms with van der Waals surface area (Å²) < 4.78 is 16.6. The van der Waals surface area contributed by atoms with E-state index in [1.54, 1.807) is 19.2 Å². The minimum absolute atomic E-state index is 0.111. The Morgan fingerprint density at radius 2 is 2.22 bits per heavy atom. The first kappa shape index (κ1) is 15.2. The van der Waals surface area contributed by atoms with Crippen molar-refractivity contribution in [2.24, 2.45) is 7.05 Å². The Morgan fingerprint density at radius 3 is 2.91 bits per heavy atom. The fraction of sp³-hybridized carbons (Fsp3) is 0.143. The molecule has 118 valence electrons. The Balaban J connectivity index is 1.74. The first-order valence-corrected chi connectivity index (χ1v) is 7.04. The second kappa shape index (κ2) is 6.17. The first-order valence-electron chi connectivity index (χ1n) is 6.66. The number of hydrogen-bond acceptors (Lipinski definition) is 4. The van der Waals surface area contributed by atoms with Gasteiger partial charge in [-0.2, -0.15) is 5.10 Å². The van der Waals surface area contributed by atoms with Gasteiger partial charge in [0.25, 0.3) is 5.91 Å². The molecule has 0 spiro atoms. The van der Waals surface area contributed by atoms with Crippen LogP contribution in [0.3, 0.4) is 0 Å². The van der Waals surface area contributed by atoms with Crippen molar-refractivity contribution in [3.8, 4) is 0 Å². The number of anilines is 1. The van der Waals surface area contributed by atoms with Gasteiger partial charge in [-0.25, -0.2) is 14.1 Å². The van der Waals surface area contributed by atoms with E-state index in [-0.39, 0.29) is 18.4 Å². The summed E-state index contributed by atoms with van der Waals surface area (Å²) in [7, 11) is 1.65. The van der Waals surface area contributed by atoms with Crippen LogP contribution in [0, 0.1) is 5.82 Å². The highest BCUT2D eigenvalue weighted by molar-refractivity contribution is 6.31. The molecule has 3 aromatic rings. The van der Waals surface area contributed by atoms with Gasteiger partial charge in [-0.15, -0.1) is 5.10 Å². The number of benzene rings is 1. The van der Waals surface area contributed by atoms with Crippen molar-refractivity contribution in [1.82, 2.24) is 24.5 Å². The van der Waals surface area contributed by atoms with E-state index < -0.39 is 5.82 Å². The molecule has 0 saturated heterocycles. The summed E-state index contributed by atoms with van der Waals surface area (Å²) in [5.74, 6) is -0.691. The van der Waals surface area contributed by atoms with E-state index in [2.05, 4.69) is 20.5 Å². The van der Waals surface area contributed by atoms with Crippen molar-refractivity contribution in [1.29, 1.82) is 0 Å². The lowest BCUT2D eigenvalue weighted by molar-refractivity contribution is 0.101. The highest BCUT2D eigenvalue weighted by Crippen LogP contribution is 2.19. The van der Waals surface area contributed by atoms with Crippen LogP contribution in [0.2, 0.25) is 5.02 Å². The van der Waals surface area contributed by atoms with Crippen molar-refractivity contribution in [2.75, 3.05) is 5.32 Å². The molecule has 7 nitrogen and oxygen atoms in total. The number of carbonyl (C=O) groups is 1. The van der Waals surface area contributed by atoms with Crippen LogP contribution in [0.1, 0.15) is 16.1 Å². The topological polar surface area (TPSA) is 77.6 Å². The molecule has 0 fully saturated rings. The van der Waals surface area contributed by atoms with Gasteiger partial charge in [0.05, 0.1) is 6.54 Å². The van der Waals surface area contributed by atoms with Crippen molar-refractivity contribution >= 4 is 23.5 Å². The molecule has 0 saturated carbocycles. The maximum absolute atomic E-state index is 13.8. The normalized spacial score (nSPS) is 10.7. The molecule has 9 heteroatoms. The van der Waals surface area contributed by atoms with Crippen LogP contribution < -0.4 is 5.32 Å². The van der Waals surface area contributed by atoms with E-state index in [0.29, 0.717) is 16.3 Å².